The maximum absolute atomic E-state index is 7.07. The van der Waals surface area contributed by atoms with Crippen LogP contribution in [-0.2, 0) is 5.41 Å². The van der Waals surface area contributed by atoms with Crippen molar-refractivity contribution in [2.45, 2.75) is 62.3 Å². The lowest BCUT2D eigenvalue weighted by Crippen LogP contribution is -2.49. The summed E-state index contributed by atoms with van der Waals surface area (Å²) in [4.78, 5) is 0. The first-order chi connectivity index (χ1) is 9.29. The number of nitrogens with two attached hydrogens (primary N) is 1. The third-order valence-corrected chi connectivity index (χ3v) is 6.50. The molecular weight excluding hydrogens is 230 g/mol. The first-order valence-corrected chi connectivity index (χ1v) is 8.13. The summed E-state index contributed by atoms with van der Waals surface area (Å²) >= 11 is 0. The Labute approximate surface area is 116 Å². The molecule has 2 atom stereocenters. The molecule has 0 amide bonds. The van der Waals surface area contributed by atoms with Gasteiger partial charge in [0, 0.05) is 11.0 Å². The fourth-order valence-electron chi connectivity index (χ4n) is 5.59. The molecule has 3 aliphatic rings. The quantitative estimate of drug-likeness (QED) is 0.848. The molecule has 1 nitrogen and oxygen atoms in total. The van der Waals surface area contributed by atoms with Crippen molar-refractivity contribution >= 4 is 0 Å². The van der Waals surface area contributed by atoms with Gasteiger partial charge in [-0.15, -0.1) is 0 Å². The molecule has 2 N–H and O–H groups in total. The van der Waals surface area contributed by atoms with Gasteiger partial charge in [-0.1, -0.05) is 56.0 Å². The molecular formula is C18H25N. The molecule has 0 spiro atoms. The zero-order valence-corrected chi connectivity index (χ0v) is 11.8. The van der Waals surface area contributed by atoms with E-state index in [4.69, 9.17) is 5.73 Å². The Hall–Kier alpha value is -0.820. The van der Waals surface area contributed by atoms with Crippen LogP contribution < -0.4 is 5.73 Å². The molecule has 0 radical (unpaired) electrons. The first kappa shape index (κ1) is 12.0. The lowest BCUT2D eigenvalue weighted by molar-refractivity contribution is 0.296. The molecule has 0 aromatic heterocycles. The Balaban J connectivity index is 1.77. The van der Waals surface area contributed by atoms with Gasteiger partial charge in [-0.3, -0.25) is 0 Å². The molecule has 2 unspecified atom stereocenters. The van der Waals surface area contributed by atoms with Gasteiger partial charge in [0.1, 0.15) is 0 Å². The second-order valence-electron chi connectivity index (χ2n) is 7.09. The minimum Gasteiger partial charge on any atom is -0.324 e. The van der Waals surface area contributed by atoms with Gasteiger partial charge in [0.05, 0.1) is 0 Å². The highest BCUT2D eigenvalue weighted by Gasteiger charge is 2.71. The van der Waals surface area contributed by atoms with Crippen LogP contribution in [0.5, 0.6) is 0 Å². The standard InChI is InChI=1S/C18H25N/c19-18(15-10-4-5-11-16(15)18)17(12-6-7-13-17)14-8-2-1-3-9-14/h1-3,8-9,15-16H,4-7,10-13,19H2. The molecule has 3 aliphatic carbocycles. The minimum absolute atomic E-state index is 0.126. The van der Waals surface area contributed by atoms with Gasteiger partial charge in [0.2, 0.25) is 0 Å². The molecule has 1 heteroatoms. The Bertz CT molecular complexity index is 446. The smallest absolute Gasteiger partial charge is 0.0316 e. The molecule has 4 rings (SSSR count). The summed E-state index contributed by atoms with van der Waals surface area (Å²) in [6, 6.07) is 11.2. The Morgan fingerprint density at radius 2 is 1.42 bits per heavy atom. The van der Waals surface area contributed by atoms with E-state index in [-0.39, 0.29) is 5.54 Å². The van der Waals surface area contributed by atoms with Gasteiger partial charge < -0.3 is 5.73 Å². The highest BCUT2D eigenvalue weighted by atomic mass is 15.0. The molecule has 102 valence electrons. The lowest BCUT2D eigenvalue weighted by atomic mass is 9.69. The van der Waals surface area contributed by atoms with E-state index in [1.54, 1.807) is 0 Å². The fraction of sp³-hybridized carbons (Fsp3) is 0.667. The highest BCUT2D eigenvalue weighted by Crippen LogP contribution is 2.68. The van der Waals surface area contributed by atoms with Gasteiger partial charge in [-0.05, 0) is 43.1 Å². The Morgan fingerprint density at radius 1 is 0.842 bits per heavy atom. The number of fused-ring (bicyclic) bond motifs is 1. The highest BCUT2D eigenvalue weighted by molar-refractivity contribution is 5.40. The van der Waals surface area contributed by atoms with Gasteiger partial charge >= 0.3 is 0 Å². The zero-order chi connectivity index (χ0) is 12.9. The monoisotopic (exact) mass is 255 g/mol. The van der Waals surface area contributed by atoms with Crippen molar-refractivity contribution in [1.82, 2.24) is 0 Å². The number of hydrogen-bond acceptors (Lipinski definition) is 1. The molecule has 0 saturated heterocycles. The maximum atomic E-state index is 7.07. The average molecular weight is 255 g/mol. The third kappa shape index (κ3) is 1.45. The van der Waals surface area contributed by atoms with E-state index < -0.39 is 0 Å². The number of benzene rings is 1. The zero-order valence-electron chi connectivity index (χ0n) is 11.8. The van der Waals surface area contributed by atoms with Crippen LogP contribution in [0.4, 0.5) is 0 Å². The average Bonchev–Trinajstić information content (AvgIpc) is 2.89. The predicted octanol–water partition coefficient (Wildman–Crippen LogP) is 4.02. The van der Waals surface area contributed by atoms with Crippen LogP contribution in [0.25, 0.3) is 0 Å². The van der Waals surface area contributed by atoms with Crippen molar-refractivity contribution in [3.05, 3.63) is 35.9 Å². The lowest BCUT2D eigenvalue weighted by Gasteiger charge is -2.38. The van der Waals surface area contributed by atoms with Crippen LogP contribution in [-0.4, -0.2) is 5.54 Å². The van der Waals surface area contributed by atoms with Gasteiger partial charge in [-0.25, -0.2) is 0 Å². The summed E-state index contributed by atoms with van der Waals surface area (Å²) in [5.41, 5.74) is 9.03. The molecule has 0 heterocycles. The van der Waals surface area contributed by atoms with Crippen molar-refractivity contribution in [3.63, 3.8) is 0 Å². The van der Waals surface area contributed by atoms with E-state index >= 15 is 0 Å². The van der Waals surface area contributed by atoms with Crippen molar-refractivity contribution in [2.24, 2.45) is 17.6 Å². The van der Waals surface area contributed by atoms with Crippen molar-refractivity contribution in [2.75, 3.05) is 0 Å². The molecule has 1 aromatic carbocycles. The second-order valence-corrected chi connectivity index (χ2v) is 7.09. The van der Waals surface area contributed by atoms with Crippen LogP contribution in [0.3, 0.4) is 0 Å². The normalized spacial score (nSPS) is 39.8. The maximum Gasteiger partial charge on any atom is 0.0316 e. The van der Waals surface area contributed by atoms with E-state index in [9.17, 15) is 0 Å². The van der Waals surface area contributed by atoms with Gasteiger partial charge in [0.15, 0.2) is 0 Å². The summed E-state index contributed by atoms with van der Waals surface area (Å²) in [5, 5.41) is 0. The van der Waals surface area contributed by atoms with E-state index in [2.05, 4.69) is 30.3 Å². The van der Waals surface area contributed by atoms with Gasteiger partial charge in [-0.2, -0.15) is 0 Å². The summed E-state index contributed by atoms with van der Waals surface area (Å²) in [5.74, 6) is 1.64. The van der Waals surface area contributed by atoms with E-state index in [1.807, 2.05) is 0 Å². The first-order valence-electron chi connectivity index (χ1n) is 8.13. The number of hydrogen-bond donors (Lipinski definition) is 1. The summed E-state index contributed by atoms with van der Waals surface area (Å²) in [6.07, 6.45) is 11.0. The molecule has 1 aromatic rings. The topological polar surface area (TPSA) is 26.0 Å². The van der Waals surface area contributed by atoms with Crippen LogP contribution in [0.1, 0.15) is 56.9 Å². The minimum atomic E-state index is 0.126. The van der Waals surface area contributed by atoms with E-state index in [0.717, 1.165) is 11.8 Å². The van der Waals surface area contributed by atoms with Crippen LogP contribution in [0, 0.1) is 11.8 Å². The largest absolute Gasteiger partial charge is 0.324 e. The summed E-state index contributed by atoms with van der Waals surface area (Å²) < 4.78 is 0. The molecule has 19 heavy (non-hydrogen) atoms. The van der Waals surface area contributed by atoms with E-state index in [1.165, 1.54) is 56.9 Å². The molecule has 0 aliphatic heterocycles. The third-order valence-electron chi connectivity index (χ3n) is 6.50. The van der Waals surface area contributed by atoms with Crippen LogP contribution in [0.15, 0.2) is 30.3 Å². The van der Waals surface area contributed by atoms with Crippen molar-refractivity contribution < 1.29 is 0 Å². The Kier molecular flexibility index (Phi) is 2.57. The van der Waals surface area contributed by atoms with Crippen LogP contribution >= 0.6 is 0 Å². The molecule has 3 fully saturated rings. The molecule has 3 saturated carbocycles. The SMILES string of the molecule is NC1(C2(c3ccccc3)CCCC2)C2CCCCC21. The van der Waals surface area contributed by atoms with Crippen molar-refractivity contribution in [1.29, 1.82) is 0 Å². The second kappa shape index (κ2) is 4.09. The molecule has 0 bridgehead atoms. The van der Waals surface area contributed by atoms with Gasteiger partial charge in [0.25, 0.3) is 0 Å². The Morgan fingerprint density at radius 3 is 2.00 bits per heavy atom. The van der Waals surface area contributed by atoms with E-state index in [0.29, 0.717) is 5.41 Å². The summed E-state index contributed by atoms with van der Waals surface area (Å²) in [6.45, 7) is 0. The predicted molar refractivity (Wildman–Crippen MR) is 79.0 cm³/mol. The van der Waals surface area contributed by atoms with Crippen LogP contribution in [0.2, 0.25) is 0 Å². The fourth-order valence-corrected chi connectivity index (χ4v) is 5.59. The summed E-state index contributed by atoms with van der Waals surface area (Å²) in [7, 11) is 0. The van der Waals surface area contributed by atoms with Crippen molar-refractivity contribution in [3.8, 4) is 0 Å². The number of rotatable bonds is 2.